The predicted molar refractivity (Wildman–Crippen MR) is 76.4 cm³/mol. The Hall–Kier alpha value is -0.300. The predicted octanol–water partition coefficient (Wildman–Crippen LogP) is 5.05. The van der Waals surface area contributed by atoms with E-state index in [-0.39, 0.29) is 0 Å². The summed E-state index contributed by atoms with van der Waals surface area (Å²) in [5.41, 5.74) is 4.58. The molecule has 1 aromatic rings. The summed E-state index contributed by atoms with van der Waals surface area (Å²) in [4.78, 5) is 0.591. The van der Waals surface area contributed by atoms with Crippen molar-refractivity contribution in [2.45, 2.75) is 52.3 Å². The monoisotopic (exact) mass is 282 g/mol. The molecule has 1 atom stereocenters. The van der Waals surface area contributed by atoms with E-state index in [2.05, 4.69) is 68.7 Å². The molecule has 1 heteroatoms. The molecule has 0 radical (unpaired) electrons. The van der Waals surface area contributed by atoms with Crippen LogP contribution in [0, 0.1) is 19.3 Å². The number of aryl methyl sites for hydroxylation is 2. The minimum atomic E-state index is 0.364. The molecule has 0 aliphatic carbocycles. The van der Waals surface area contributed by atoms with Gasteiger partial charge in [0, 0.05) is 4.83 Å². The minimum Gasteiger partial charge on any atom is -0.0893 e. The summed E-state index contributed by atoms with van der Waals surface area (Å²) in [7, 11) is 0. The molecule has 0 amide bonds. The first-order valence-corrected chi connectivity index (χ1v) is 6.91. The molecule has 0 heterocycles. The number of benzene rings is 1. The smallest absolute Gasteiger partial charge is 0.0122 e. The van der Waals surface area contributed by atoms with E-state index in [1.165, 1.54) is 23.1 Å². The second-order valence-corrected chi connectivity index (χ2v) is 7.39. The van der Waals surface area contributed by atoms with Gasteiger partial charge >= 0.3 is 0 Å². The van der Waals surface area contributed by atoms with E-state index in [1.807, 2.05) is 0 Å². The van der Waals surface area contributed by atoms with Crippen molar-refractivity contribution in [2.75, 3.05) is 0 Å². The average Bonchev–Trinajstić information content (AvgIpc) is 1.95. The highest BCUT2D eigenvalue weighted by molar-refractivity contribution is 9.09. The fraction of sp³-hybridized carbons (Fsp3) is 0.600. The van der Waals surface area contributed by atoms with Crippen LogP contribution in [0.4, 0.5) is 0 Å². The van der Waals surface area contributed by atoms with Crippen LogP contribution in [0.1, 0.15) is 43.9 Å². The van der Waals surface area contributed by atoms with Gasteiger partial charge in [-0.2, -0.15) is 0 Å². The second kappa shape index (κ2) is 5.35. The quantitative estimate of drug-likeness (QED) is 0.679. The van der Waals surface area contributed by atoms with Gasteiger partial charge in [-0.05, 0) is 37.7 Å². The van der Waals surface area contributed by atoms with E-state index in [1.54, 1.807) is 0 Å². The van der Waals surface area contributed by atoms with Crippen LogP contribution in [0.2, 0.25) is 0 Å². The Bertz CT molecular complexity index is 330. The Labute approximate surface area is 109 Å². The fourth-order valence-corrected chi connectivity index (χ4v) is 3.43. The molecule has 0 N–H and O–H groups in total. The summed E-state index contributed by atoms with van der Waals surface area (Å²) < 4.78 is 0. The molecule has 0 nitrogen and oxygen atoms in total. The van der Waals surface area contributed by atoms with Crippen molar-refractivity contribution in [3.63, 3.8) is 0 Å². The van der Waals surface area contributed by atoms with Crippen LogP contribution < -0.4 is 0 Å². The zero-order chi connectivity index (χ0) is 12.3. The van der Waals surface area contributed by atoms with Crippen LogP contribution in [0.3, 0.4) is 0 Å². The maximum atomic E-state index is 3.65. The lowest BCUT2D eigenvalue weighted by atomic mass is 9.81. The first kappa shape index (κ1) is 13.8. The van der Waals surface area contributed by atoms with Crippen molar-refractivity contribution < 1.29 is 0 Å². The lowest BCUT2D eigenvalue weighted by Gasteiger charge is -2.26. The van der Waals surface area contributed by atoms with Gasteiger partial charge in [0.15, 0.2) is 0 Å². The number of hydrogen-bond acceptors (Lipinski definition) is 0. The third-order valence-electron chi connectivity index (χ3n) is 2.80. The lowest BCUT2D eigenvalue weighted by molar-refractivity contribution is 0.335. The number of halogens is 1. The van der Waals surface area contributed by atoms with Gasteiger partial charge in [-0.15, -0.1) is 0 Å². The van der Waals surface area contributed by atoms with Crippen molar-refractivity contribution in [2.24, 2.45) is 5.41 Å². The SMILES string of the molecule is Cc1cc(C)cc(CC(C)(C)CC(C)Br)c1. The summed E-state index contributed by atoms with van der Waals surface area (Å²) in [5, 5.41) is 0. The summed E-state index contributed by atoms with van der Waals surface area (Å²) >= 11 is 3.65. The molecule has 16 heavy (non-hydrogen) atoms. The summed E-state index contributed by atoms with van der Waals surface area (Å²) in [6.07, 6.45) is 2.37. The van der Waals surface area contributed by atoms with Gasteiger partial charge in [-0.25, -0.2) is 0 Å². The maximum Gasteiger partial charge on any atom is 0.0122 e. The Balaban J connectivity index is 2.79. The molecule has 90 valence electrons. The van der Waals surface area contributed by atoms with Gasteiger partial charge in [0.2, 0.25) is 0 Å². The molecule has 0 spiro atoms. The Morgan fingerprint density at radius 2 is 1.62 bits per heavy atom. The zero-order valence-electron chi connectivity index (χ0n) is 11.1. The molecule has 1 unspecified atom stereocenters. The van der Waals surface area contributed by atoms with E-state index in [4.69, 9.17) is 0 Å². The molecule has 1 aromatic carbocycles. The molecule has 0 fully saturated rings. The topological polar surface area (TPSA) is 0 Å². The zero-order valence-corrected chi connectivity index (χ0v) is 12.7. The minimum absolute atomic E-state index is 0.364. The van der Waals surface area contributed by atoms with E-state index in [0.29, 0.717) is 10.2 Å². The van der Waals surface area contributed by atoms with Gasteiger partial charge in [-0.3, -0.25) is 0 Å². The van der Waals surface area contributed by atoms with Crippen LogP contribution in [0.5, 0.6) is 0 Å². The van der Waals surface area contributed by atoms with E-state index in [9.17, 15) is 0 Å². The first-order valence-electron chi connectivity index (χ1n) is 6.00. The highest BCUT2D eigenvalue weighted by Gasteiger charge is 2.20. The van der Waals surface area contributed by atoms with Crippen molar-refractivity contribution in [1.29, 1.82) is 0 Å². The standard InChI is InChI=1S/C15H23Br/c1-11-6-12(2)8-14(7-11)10-15(4,5)9-13(3)16/h6-8,13H,9-10H2,1-5H3. The summed E-state index contributed by atoms with van der Waals surface area (Å²) in [6, 6.07) is 6.87. The van der Waals surface area contributed by atoms with Crippen molar-refractivity contribution in [3.8, 4) is 0 Å². The van der Waals surface area contributed by atoms with Gasteiger partial charge < -0.3 is 0 Å². The molecule has 0 saturated heterocycles. The molecule has 0 bridgehead atoms. The third-order valence-corrected chi connectivity index (χ3v) is 3.12. The van der Waals surface area contributed by atoms with Crippen LogP contribution in [0.25, 0.3) is 0 Å². The van der Waals surface area contributed by atoms with Crippen LogP contribution in [-0.2, 0) is 6.42 Å². The van der Waals surface area contributed by atoms with E-state index < -0.39 is 0 Å². The maximum absolute atomic E-state index is 3.65. The molecular weight excluding hydrogens is 260 g/mol. The highest BCUT2D eigenvalue weighted by atomic mass is 79.9. The number of hydrogen-bond donors (Lipinski definition) is 0. The van der Waals surface area contributed by atoms with E-state index >= 15 is 0 Å². The van der Waals surface area contributed by atoms with Gasteiger partial charge in [0.1, 0.15) is 0 Å². The highest BCUT2D eigenvalue weighted by Crippen LogP contribution is 2.30. The van der Waals surface area contributed by atoms with E-state index in [0.717, 1.165) is 6.42 Å². The van der Waals surface area contributed by atoms with Crippen molar-refractivity contribution in [1.82, 2.24) is 0 Å². The van der Waals surface area contributed by atoms with Crippen molar-refractivity contribution >= 4 is 15.9 Å². The van der Waals surface area contributed by atoms with Crippen LogP contribution >= 0.6 is 15.9 Å². The third kappa shape index (κ3) is 4.69. The second-order valence-electron chi connectivity index (χ2n) is 5.82. The molecule has 0 aromatic heterocycles. The largest absolute Gasteiger partial charge is 0.0893 e. The summed E-state index contributed by atoms with van der Waals surface area (Å²) in [6.45, 7) is 11.3. The number of alkyl halides is 1. The number of rotatable bonds is 4. The van der Waals surface area contributed by atoms with Crippen molar-refractivity contribution in [3.05, 3.63) is 34.9 Å². The van der Waals surface area contributed by atoms with Gasteiger partial charge in [0.25, 0.3) is 0 Å². The van der Waals surface area contributed by atoms with Crippen LogP contribution in [-0.4, -0.2) is 4.83 Å². The van der Waals surface area contributed by atoms with Gasteiger partial charge in [0.05, 0.1) is 0 Å². The first-order chi connectivity index (χ1) is 7.28. The normalized spacial score (nSPS) is 13.9. The molecule has 0 aliphatic rings. The fourth-order valence-electron chi connectivity index (χ4n) is 2.56. The lowest BCUT2D eigenvalue weighted by Crippen LogP contribution is -2.18. The molecular formula is C15H23Br. The Morgan fingerprint density at radius 3 is 2.06 bits per heavy atom. The average molecular weight is 283 g/mol. The van der Waals surface area contributed by atoms with Gasteiger partial charge in [-0.1, -0.05) is 66.0 Å². The summed E-state index contributed by atoms with van der Waals surface area (Å²) in [5.74, 6) is 0. The Kier molecular flexibility index (Phi) is 4.61. The van der Waals surface area contributed by atoms with Crippen LogP contribution in [0.15, 0.2) is 18.2 Å². The molecule has 1 rings (SSSR count). The Morgan fingerprint density at radius 1 is 1.12 bits per heavy atom. The molecule has 0 saturated carbocycles. The molecule has 0 aliphatic heterocycles.